The molecule has 0 spiro atoms. The maximum Gasteiger partial charge on any atom is 0.311 e. The molecule has 0 bridgehead atoms. The van der Waals surface area contributed by atoms with Crippen molar-refractivity contribution in [2.45, 2.75) is 20.3 Å². The molecule has 0 aromatic heterocycles. The van der Waals surface area contributed by atoms with Gasteiger partial charge in [-0.3, -0.25) is 14.4 Å². The molecule has 2 aromatic rings. The number of esters is 1. The van der Waals surface area contributed by atoms with Crippen LogP contribution < -0.4 is 15.0 Å². The summed E-state index contributed by atoms with van der Waals surface area (Å²) < 4.78 is 10.5. The van der Waals surface area contributed by atoms with Crippen molar-refractivity contribution < 1.29 is 23.9 Å². The van der Waals surface area contributed by atoms with Gasteiger partial charge in [-0.05, 0) is 43.2 Å². The monoisotopic (exact) mass is 396 g/mol. The number of benzene rings is 2. The Morgan fingerprint density at radius 2 is 1.90 bits per heavy atom. The maximum atomic E-state index is 12.4. The Balaban J connectivity index is 1.57. The Bertz CT molecular complexity index is 941. The third-order valence-corrected chi connectivity index (χ3v) is 5.06. The highest BCUT2D eigenvalue weighted by molar-refractivity contribution is 6.01. The van der Waals surface area contributed by atoms with E-state index in [0.29, 0.717) is 17.1 Å². The van der Waals surface area contributed by atoms with E-state index in [9.17, 15) is 14.4 Å². The lowest BCUT2D eigenvalue weighted by Crippen LogP contribution is -2.28. The summed E-state index contributed by atoms with van der Waals surface area (Å²) in [6.45, 7) is 3.66. The lowest BCUT2D eigenvalue weighted by Gasteiger charge is -2.19. The van der Waals surface area contributed by atoms with Crippen molar-refractivity contribution in [3.63, 3.8) is 0 Å². The molecule has 0 unspecified atom stereocenters. The predicted octanol–water partition coefficient (Wildman–Crippen LogP) is 2.85. The lowest BCUT2D eigenvalue weighted by atomic mass is 10.1. The van der Waals surface area contributed by atoms with Crippen LogP contribution in [-0.4, -0.2) is 38.0 Å². The summed E-state index contributed by atoms with van der Waals surface area (Å²) in [7, 11) is 1.53. The van der Waals surface area contributed by atoms with Crippen LogP contribution in [0.2, 0.25) is 0 Å². The Kier molecular flexibility index (Phi) is 6.16. The van der Waals surface area contributed by atoms with Crippen LogP contribution in [0.5, 0.6) is 5.75 Å². The number of nitrogens with one attached hydrogen (secondary N) is 1. The molecule has 0 saturated carbocycles. The molecular weight excluding hydrogens is 372 g/mol. The largest absolute Gasteiger partial charge is 0.495 e. The summed E-state index contributed by atoms with van der Waals surface area (Å²) in [5, 5.41) is 2.75. The average Bonchev–Trinajstić information content (AvgIpc) is 3.11. The number of carbonyl (C=O) groups is 3. The van der Waals surface area contributed by atoms with Gasteiger partial charge in [-0.2, -0.15) is 0 Å². The van der Waals surface area contributed by atoms with Crippen LogP contribution in [0.15, 0.2) is 42.5 Å². The molecule has 7 heteroatoms. The standard InChI is InChI=1S/C22H24N2O5/c1-14-7-6-8-17(15(14)2)23-20(25)13-29-22(27)16-11-21(26)24(12-16)18-9-4-5-10-19(18)28-3/h4-10,16H,11-13H2,1-3H3,(H,23,25)/t16-/m0/s1. The molecule has 1 aliphatic heterocycles. The van der Waals surface area contributed by atoms with Crippen LogP contribution in [0.3, 0.4) is 0 Å². The van der Waals surface area contributed by atoms with Crippen molar-refractivity contribution in [1.29, 1.82) is 0 Å². The van der Waals surface area contributed by atoms with Crippen LogP contribution in [0.1, 0.15) is 17.5 Å². The van der Waals surface area contributed by atoms with Crippen molar-refractivity contribution >= 4 is 29.2 Å². The molecule has 2 amide bonds. The van der Waals surface area contributed by atoms with Gasteiger partial charge in [0.15, 0.2) is 6.61 Å². The summed E-state index contributed by atoms with van der Waals surface area (Å²) in [6, 6.07) is 12.7. The van der Waals surface area contributed by atoms with E-state index < -0.39 is 24.4 Å². The van der Waals surface area contributed by atoms with Gasteiger partial charge in [0, 0.05) is 18.7 Å². The zero-order valence-corrected chi connectivity index (χ0v) is 16.7. The molecule has 1 saturated heterocycles. The minimum atomic E-state index is -0.624. The van der Waals surface area contributed by atoms with E-state index in [1.165, 1.54) is 12.0 Å². The van der Waals surface area contributed by atoms with Gasteiger partial charge in [0.2, 0.25) is 5.91 Å². The first-order chi connectivity index (χ1) is 13.9. The van der Waals surface area contributed by atoms with Crippen LogP contribution in [-0.2, 0) is 19.1 Å². The minimum Gasteiger partial charge on any atom is -0.495 e. The van der Waals surface area contributed by atoms with Crippen LogP contribution in [0.4, 0.5) is 11.4 Å². The number of rotatable bonds is 6. The highest BCUT2D eigenvalue weighted by Crippen LogP contribution is 2.33. The van der Waals surface area contributed by atoms with Gasteiger partial charge in [-0.1, -0.05) is 24.3 Å². The molecule has 0 aliphatic carbocycles. The van der Waals surface area contributed by atoms with E-state index in [-0.39, 0.29) is 18.9 Å². The molecule has 0 radical (unpaired) electrons. The highest BCUT2D eigenvalue weighted by Gasteiger charge is 2.37. The second-order valence-corrected chi connectivity index (χ2v) is 6.98. The third kappa shape index (κ3) is 4.56. The fourth-order valence-electron chi connectivity index (χ4n) is 3.28. The molecule has 2 aromatic carbocycles. The van der Waals surface area contributed by atoms with Gasteiger partial charge in [0.05, 0.1) is 18.7 Å². The van der Waals surface area contributed by atoms with Gasteiger partial charge in [0.1, 0.15) is 5.75 Å². The second-order valence-electron chi connectivity index (χ2n) is 6.98. The minimum absolute atomic E-state index is 0.0372. The first-order valence-electron chi connectivity index (χ1n) is 9.36. The van der Waals surface area contributed by atoms with Crippen molar-refractivity contribution in [2.75, 3.05) is 30.5 Å². The Labute approximate surface area is 169 Å². The number of carbonyl (C=O) groups excluding carboxylic acids is 3. The van der Waals surface area contributed by atoms with Crippen molar-refractivity contribution in [1.82, 2.24) is 0 Å². The number of para-hydroxylation sites is 2. The first-order valence-corrected chi connectivity index (χ1v) is 9.36. The highest BCUT2D eigenvalue weighted by atomic mass is 16.5. The molecule has 3 rings (SSSR count). The summed E-state index contributed by atoms with van der Waals surface area (Å²) in [6.07, 6.45) is 0.0372. The number of amides is 2. The number of aryl methyl sites for hydroxylation is 1. The van der Waals surface area contributed by atoms with Crippen molar-refractivity contribution in [3.8, 4) is 5.75 Å². The molecule has 1 N–H and O–H groups in total. The molecule has 1 heterocycles. The summed E-state index contributed by atoms with van der Waals surface area (Å²) in [4.78, 5) is 38.4. The Hall–Kier alpha value is -3.35. The number of ether oxygens (including phenoxy) is 2. The van der Waals surface area contributed by atoms with Gasteiger partial charge >= 0.3 is 5.97 Å². The molecule has 152 valence electrons. The zero-order valence-electron chi connectivity index (χ0n) is 16.7. The Morgan fingerprint density at radius 1 is 1.14 bits per heavy atom. The van der Waals surface area contributed by atoms with E-state index >= 15 is 0 Å². The summed E-state index contributed by atoms with van der Waals surface area (Å²) >= 11 is 0. The normalized spacial score (nSPS) is 15.9. The molecule has 7 nitrogen and oxygen atoms in total. The summed E-state index contributed by atoms with van der Waals surface area (Å²) in [5.41, 5.74) is 3.31. The molecule has 1 fully saturated rings. The van der Waals surface area contributed by atoms with Gasteiger partial charge in [-0.25, -0.2) is 0 Å². The smallest absolute Gasteiger partial charge is 0.311 e. The summed E-state index contributed by atoms with van der Waals surface area (Å²) in [5.74, 6) is -1.23. The van der Waals surface area contributed by atoms with Crippen LogP contribution >= 0.6 is 0 Å². The fraction of sp³-hybridized carbons (Fsp3) is 0.318. The fourth-order valence-corrected chi connectivity index (χ4v) is 3.28. The molecular formula is C22H24N2O5. The van der Waals surface area contributed by atoms with Gasteiger partial charge in [-0.15, -0.1) is 0 Å². The number of anilines is 2. The van der Waals surface area contributed by atoms with E-state index in [1.807, 2.05) is 32.0 Å². The number of nitrogens with zero attached hydrogens (tertiary/aromatic N) is 1. The average molecular weight is 396 g/mol. The Morgan fingerprint density at radius 3 is 2.66 bits per heavy atom. The number of hydrogen-bond acceptors (Lipinski definition) is 5. The second kappa shape index (κ2) is 8.77. The maximum absolute atomic E-state index is 12.4. The topological polar surface area (TPSA) is 84.9 Å². The molecule has 29 heavy (non-hydrogen) atoms. The number of methoxy groups -OCH3 is 1. The van der Waals surface area contributed by atoms with E-state index in [0.717, 1.165) is 11.1 Å². The van der Waals surface area contributed by atoms with E-state index in [1.54, 1.807) is 24.3 Å². The van der Waals surface area contributed by atoms with Crippen LogP contribution in [0.25, 0.3) is 0 Å². The molecule has 1 atom stereocenters. The van der Waals surface area contributed by atoms with Crippen LogP contribution in [0, 0.1) is 19.8 Å². The number of hydrogen-bond donors (Lipinski definition) is 1. The molecule has 1 aliphatic rings. The quantitative estimate of drug-likeness (QED) is 0.759. The van der Waals surface area contributed by atoms with Gasteiger partial charge < -0.3 is 19.7 Å². The van der Waals surface area contributed by atoms with Crippen molar-refractivity contribution in [3.05, 3.63) is 53.6 Å². The third-order valence-electron chi connectivity index (χ3n) is 5.06. The lowest BCUT2D eigenvalue weighted by molar-refractivity contribution is -0.151. The van der Waals surface area contributed by atoms with E-state index in [4.69, 9.17) is 9.47 Å². The zero-order chi connectivity index (χ0) is 21.0. The predicted molar refractivity (Wildman–Crippen MR) is 109 cm³/mol. The van der Waals surface area contributed by atoms with Gasteiger partial charge in [0.25, 0.3) is 5.91 Å². The SMILES string of the molecule is COc1ccccc1N1C[C@@H](C(=O)OCC(=O)Nc2cccc(C)c2C)CC1=O. The first kappa shape index (κ1) is 20.4. The van der Waals surface area contributed by atoms with E-state index in [2.05, 4.69) is 5.32 Å². The van der Waals surface area contributed by atoms with Crippen molar-refractivity contribution in [2.24, 2.45) is 5.92 Å².